The monoisotopic (exact) mass is 488 g/mol. The summed E-state index contributed by atoms with van der Waals surface area (Å²) in [6.45, 7) is 14.6. The van der Waals surface area contributed by atoms with E-state index in [4.69, 9.17) is 0 Å². The zero-order chi connectivity index (χ0) is 24.7. The Labute approximate surface area is 209 Å². The highest BCUT2D eigenvalue weighted by atomic mass is 32.2. The molecule has 3 rings (SSSR count). The molecule has 0 spiro atoms. The van der Waals surface area contributed by atoms with Gasteiger partial charge in [0, 0.05) is 28.7 Å². The maximum absolute atomic E-state index is 13.0. The van der Waals surface area contributed by atoms with Crippen molar-refractivity contribution in [1.82, 2.24) is 10.2 Å². The summed E-state index contributed by atoms with van der Waals surface area (Å²) in [6.07, 6.45) is 6.96. The molecule has 0 bridgehead atoms. The topological polar surface area (TPSA) is 66.5 Å². The number of rotatable bonds is 13. The van der Waals surface area contributed by atoms with Gasteiger partial charge in [-0.25, -0.2) is 0 Å². The van der Waals surface area contributed by atoms with Gasteiger partial charge in [0.15, 0.2) is 0 Å². The number of hydrogen-bond acceptors (Lipinski definition) is 4. The van der Waals surface area contributed by atoms with E-state index in [1.807, 2.05) is 23.9 Å². The zero-order valence-electron chi connectivity index (χ0n) is 21.4. The fraction of sp³-hybridized carbons (Fsp3) is 0.667. The lowest BCUT2D eigenvalue weighted by Gasteiger charge is -2.35. The van der Waals surface area contributed by atoms with Crippen molar-refractivity contribution in [2.24, 2.45) is 0 Å². The van der Waals surface area contributed by atoms with Crippen LogP contribution in [0.1, 0.15) is 88.6 Å². The highest BCUT2D eigenvalue weighted by molar-refractivity contribution is 8.00. The van der Waals surface area contributed by atoms with Crippen LogP contribution in [0.4, 0.5) is 0 Å². The van der Waals surface area contributed by atoms with Gasteiger partial charge in [-0.1, -0.05) is 25.8 Å². The molecule has 1 saturated heterocycles. The van der Waals surface area contributed by atoms with Crippen molar-refractivity contribution in [3.05, 3.63) is 29.3 Å². The molecule has 0 aliphatic carbocycles. The van der Waals surface area contributed by atoms with Gasteiger partial charge in [0.05, 0.1) is 26.2 Å². The second-order valence-electron chi connectivity index (χ2n) is 9.83. The van der Waals surface area contributed by atoms with E-state index in [1.54, 1.807) is 4.90 Å². The SMILES string of the molecule is CC[N+](CC)(CC)CCCCCCC(C)Sc1cccc2c1CN(C1CCC(=O)NC1=O)C2=O. The number of carbonyl (C=O) groups excluding carboxylic acids is 3. The number of quaternary nitrogens is 1. The lowest BCUT2D eigenvalue weighted by Crippen LogP contribution is -2.52. The van der Waals surface area contributed by atoms with Crippen LogP contribution in [-0.4, -0.2) is 64.6 Å². The van der Waals surface area contributed by atoms with Gasteiger partial charge in [0.1, 0.15) is 6.04 Å². The van der Waals surface area contributed by atoms with Crippen LogP contribution in [0.25, 0.3) is 0 Å². The van der Waals surface area contributed by atoms with Gasteiger partial charge < -0.3 is 9.38 Å². The molecule has 2 heterocycles. The molecular weight excluding hydrogens is 446 g/mol. The summed E-state index contributed by atoms with van der Waals surface area (Å²) in [7, 11) is 0. The third-order valence-corrected chi connectivity index (χ3v) is 9.15. The van der Waals surface area contributed by atoms with Gasteiger partial charge in [0.2, 0.25) is 11.8 Å². The molecule has 0 saturated carbocycles. The van der Waals surface area contributed by atoms with E-state index in [1.165, 1.54) is 56.3 Å². The van der Waals surface area contributed by atoms with E-state index in [0.717, 1.165) is 16.9 Å². The first-order valence-corrected chi connectivity index (χ1v) is 14.0. The summed E-state index contributed by atoms with van der Waals surface area (Å²) in [5, 5.41) is 2.85. The van der Waals surface area contributed by atoms with E-state index >= 15 is 0 Å². The molecular formula is C27H42N3O3S+. The molecule has 0 aromatic heterocycles. The lowest BCUT2D eigenvalue weighted by molar-refractivity contribution is -0.923. The lowest BCUT2D eigenvalue weighted by atomic mass is 10.0. The van der Waals surface area contributed by atoms with Gasteiger partial charge >= 0.3 is 0 Å². The summed E-state index contributed by atoms with van der Waals surface area (Å²) in [5.41, 5.74) is 1.73. The number of fused-ring (bicyclic) bond motifs is 1. The van der Waals surface area contributed by atoms with E-state index in [0.29, 0.717) is 23.8 Å². The normalized spacial score (nSPS) is 19.4. The van der Waals surface area contributed by atoms with E-state index < -0.39 is 6.04 Å². The molecule has 3 amide bonds. The summed E-state index contributed by atoms with van der Waals surface area (Å²) in [5.74, 6) is -0.705. The minimum atomic E-state index is -0.557. The number of imide groups is 1. The van der Waals surface area contributed by atoms with Crippen LogP contribution in [0, 0.1) is 0 Å². The largest absolute Gasteiger partial charge is 0.324 e. The summed E-state index contributed by atoms with van der Waals surface area (Å²) < 4.78 is 1.24. The molecule has 2 aliphatic rings. The van der Waals surface area contributed by atoms with Crippen molar-refractivity contribution in [3.8, 4) is 0 Å². The second-order valence-corrected chi connectivity index (χ2v) is 11.3. The minimum Gasteiger partial charge on any atom is -0.324 e. The molecule has 2 aliphatic heterocycles. The summed E-state index contributed by atoms with van der Waals surface area (Å²) in [6, 6.07) is 5.34. The molecule has 7 heteroatoms. The van der Waals surface area contributed by atoms with Crippen molar-refractivity contribution >= 4 is 29.5 Å². The number of carbonyl (C=O) groups is 3. The Balaban J connectivity index is 1.48. The molecule has 34 heavy (non-hydrogen) atoms. The summed E-state index contributed by atoms with van der Waals surface area (Å²) >= 11 is 1.84. The zero-order valence-corrected chi connectivity index (χ0v) is 22.2. The van der Waals surface area contributed by atoms with Gasteiger partial charge in [-0.15, -0.1) is 11.8 Å². The Kier molecular flexibility index (Phi) is 9.60. The van der Waals surface area contributed by atoms with Crippen LogP contribution < -0.4 is 5.32 Å². The van der Waals surface area contributed by atoms with E-state index in [-0.39, 0.29) is 24.1 Å². The third-order valence-electron chi connectivity index (χ3n) is 7.87. The number of hydrogen-bond donors (Lipinski definition) is 1. The van der Waals surface area contributed by atoms with Gasteiger partial charge in [0.25, 0.3) is 5.91 Å². The van der Waals surface area contributed by atoms with Crippen molar-refractivity contribution < 1.29 is 18.9 Å². The van der Waals surface area contributed by atoms with Crippen LogP contribution in [0.3, 0.4) is 0 Å². The Morgan fingerprint density at radius 1 is 1.06 bits per heavy atom. The second kappa shape index (κ2) is 12.2. The molecule has 6 nitrogen and oxygen atoms in total. The van der Waals surface area contributed by atoms with Crippen LogP contribution in [0.2, 0.25) is 0 Å². The van der Waals surface area contributed by atoms with Crippen molar-refractivity contribution in [2.45, 2.75) is 95.4 Å². The number of unbranched alkanes of at least 4 members (excludes halogenated alkanes) is 3. The molecule has 1 aromatic rings. The van der Waals surface area contributed by atoms with Crippen LogP contribution >= 0.6 is 11.8 Å². The standard InChI is InChI=1S/C27H41N3O3S/c1-5-30(6-2,7-3)18-11-9-8-10-13-20(4)34-24-15-12-14-21-22(24)19-29(27(21)33)23-16-17-25(31)28-26(23)32/h12,14-15,20,23H,5-11,13,16-19H2,1-4H3/p+1. The van der Waals surface area contributed by atoms with Gasteiger partial charge in [-0.3, -0.25) is 19.7 Å². The van der Waals surface area contributed by atoms with E-state index in [9.17, 15) is 14.4 Å². The quantitative estimate of drug-likeness (QED) is 0.188. The van der Waals surface area contributed by atoms with Crippen LogP contribution in [-0.2, 0) is 16.1 Å². The maximum atomic E-state index is 13.0. The van der Waals surface area contributed by atoms with E-state index in [2.05, 4.69) is 39.1 Å². The molecule has 188 valence electrons. The predicted octanol–water partition coefficient (Wildman–Crippen LogP) is 4.76. The van der Waals surface area contributed by atoms with Crippen LogP contribution in [0.5, 0.6) is 0 Å². The first-order valence-electron chi connectivity index (χ1n) is 13.1. The highest BCUT2D eigenvalue weighted by Gasteiger charge is 2.39. The van der Waals surface area contributed by atoms with Crippen molar-refractivity contribution in [1.29, 1.82) is 0 Å². The molecule has 2 unspecified atom stereocenters. The Morgan fingerprint density at radius 2 is 1.76 bits per heavy atom. The molecule has 1 fully saturated rings. The molecule has 2 atom stereocenters. The van der Waals surface area contributed by atoms with Crippen molar-refractivity contribution in [2.75, 3.05) is 26.2 Å². The fourth-order valence-electron chi connectivity index (χ4n) is 5.32. The highest BCUT2D eigenvalue weighted by Crippen LogP contribution is 2.37. The third kappa shape index (κ3) is 6.22. The maximum Gasteiger partial charge on any atom is 0.255 e. The van der Waals surface area contributed by atoms with Gasteiger partial charge in [-0.2, -0.15) is 0 Å². The number of thioether (sulfide) groups is 1. The Bertz CT molecular complexity index is 876. The van der Waals surface area contributed by atoms with Gasteiger partial charge in [-0.05, 0) is 64.2 Å². The minimum absolute atomic E-state index is 0.0969. The number of nitrogens with zero attached hydrogens (tertiary/aromatic N) is 2. The average Bonchev–Trinajstić information content (AvgIpc) is 3.16. The molecule has 1 aromatic carbocycles. The number of nitrogens with one attached hydrogen (secondary N) is 1. The first kappa shape index (κ1) is 26.7. The number of piperidine rings is 1. The predicted molar refractivity (Wildman–Crippen MR) is 138 cm³/mol. The average molecular weight is 489 g/mol. The molecule has 1 N–H and O–H groups in total. The van der Waals surface area contributed by atoms with Crippen LogP contribution in [0.15, 0.2) is 23.1 Å². The number of benzene rings is 1. The Morgan fingerprint density at radius 3 is 2.44 bits per heavy atom. The summed E-state index contributed by atoms with van der Waals surface area (Å²) in [4.78, 5) is 39.6. The number of amides is 3. The smallest absolute Gasteiger partial charge is 0.255 e. The Hall–Kier alpha value is -1.86. The fourth-order valence-corrected chi connectivity index (χ4v) is 6.51. The van der Waals surface area contributed by atoms with Crippen molar-refractivity contribution in [3.63, 3.8) is 0 Å². The molecule has 0 radical (unpaired) electrons. The first-order chi connectivity index (χ1) is 16.3.